The standard InChI is InChI=1S/C8H10F2N2O2/c1-4-5(6(13)7(9)10)8(14-3)12(2)11-4/h7H,1-3H3. The molecular weight excluding hydrogens is 194 g/mol. The second-order valence-corrected chi connectivity index (χ2v) is 2.76. The molecule has 0 bridgehead atoms. The van der Waals surface area contributed by atoms with Crippen molar-refractivity contribution < 1.29 is 18.3 Å². The number of carbonyl (C=O) groups is 1. The summed E-state index contributed by atoms with van der Waals surface area (Å²) in [7, 11) is 2.83. The van der Waals surface area contributed by atoms with E-state index >= 15 is 0 Å². The Morgan fingerprint density at radius 3 is 2.57 bits per heavy atom. The molecule has 6 heteroatoms. The molecule has 1 aromatic rings. The summed E-state index contributed by atoms with van der Waals surface area (Å²) in [5.74, 6) is -1.19. The molecule has 1 heterocycles. The van der Waals surface area contributed by atoms with Crippen molar-refractivity contribution in [3.8, 4) is 5.88 Å². The van der Waals surface area contributed by atoms with E-state index < -0.39 is 12.2 Å². The van der Waals surface area contributed by atoms with E-state index in [1.54, 1.807) is 0 Å². The Bertz CT molecular complexity index is 360. The lowest BCUT2D eigenvalue weighted by Crippen LogP contribution is -2.12. The lowest BCUT2D eigenvalue weighted by Gasteiger charge is -2.02. The van der Waals surface area contributed by atoms with Gasteiger partial charge in [0.25, 0.3) is 0 Å². The van der Waals surface area contributed by atoms with Crippen molar-refractivity contribution in [2.24, 2.45) is 7.05 Å². The lowest BCUT2D eigenvalue weighted by atomic mass is 10.1. The van der Waals surface area contributed by atoms with Crippen molar-refractivity contribution in [3.63, 3.8) is 0 Å². The monoisotopic (exact) mass is 204 g/mol. The van der Waals surface area contributed by atoms with Crippen LogP contribution in [0.4, 0.5) is 8.78 Å². The molecule has 0 radical (unpaired) electrons. The summed E-state index contributed by atoms with van der Waals surface area (Å²) in [6.45, 7) is 1.48. The van der Waals surface area contributed by atoms with Crippen LogP contribution in [0.2, 0.25) is 0 Å². The first-order valence-electron chi connectivity index (χ1n) is 3.89. The van der Waals surface area contributed by atoms with E-state index in [2.05, 4.69) is 5.10 Å². The molecule has 0 fully saturated rings. The number of hydrogen-bond donors (Lipinski definition) is 0. The van der Waals surface area contributed by atoms with Gasteiger partial charge in [-0.05, 0) is 6.92 Å². The van der Waals surface area contributed by atoms with Gasteiger partial charge in [-0.3, -0.25) is 4.79 Å². The number of methoxy groups -OCH3 is 1. The van der Waals surface area contributed by atoms with Gasteiger partial charge in [0, 0.05) is 7.05 Å². The van der Waals surface area contributed by atoms with E-state index in [0.29, 0.717) is 0 Å². The molecule has 0 aliphatic heterocycles. The quantitative estimate of drug-likeness (QED) is 0.694. The summed E-state index contributed by atoms with van der Waals surface area (Å²) in [6.07, 6.45) is -3.04. The van der Waals surface area contributed by atoms with Crippen LogP contribution in [0.15, 0.2) is 0 Å². The largest absolute Gasteiger partial charge is 0.481 e. The number of alkyl halides is 2. The Morgan fingerprint density at radius 2 is 2.14 bits per heavy atom. The number of aryl methyl sites for hydroxylation is 2. The van der Waals surface area contributed by atoms with Gasteiger partial charge in [0.2, 0.25) is 11.7 Å². The van der Waals surface area contributed by atoms with Gasteiger partial charge < -0.3 is 4.74 Å². The minimum absolute atomic E-state index is 0.0628. The van der Waals surface area contributed by atoms with Crippen LogP contribution in [-0.2, 0) is 7.05 Å². The van der Waals surface area contributed by atoms with Crippen LogP contribution < -0.4 is 4.74 Å². The number of ketones is 1. The van der Waals surface area contributed by atoms with Crippen LogP contribution >= 0.6 is 0 Å². The molecule has 0 aliphatic rings. The van der Waals surface area contributed by atoms with Gasteiger partial charge in [0.15, 0.2) is 0 Å². The molecule has 4 nitrogen and oxygen atoms in total. The predicted octanol–water partition coefficient (Wildman–Crippen LogP) is 1.18. The van der Waals surface area contributed by atoms with Crippen molar-refractivity contribution >= 4 is 5.78 Å². The molecule has 0 atom stereocenters. The Labute approximate surface area is 79.5 Å². The Kier molecular flexibility index (Phi) is 2.83. The van der Waals surface area contributed by atoms with Gasteiger partial charge in [-0.15, -0.1) is 0 Å². The molecule has 1 aromatic heterocycles. The molecule has 0 saturated heterocycles. The summed E-state index contributed by atoms with van der Waals surface area (Å²) in [6, 6.07) is 0. The molecule has 14 heavy (non-hydrogen) atoms. The van der Waals surface area contributed by atoms with E-state index in [1.165, 1.54) is 25.8 Å². The maximum absolute atomic E-state index is 12.2. The van der Waals surface area contributed by atoms with E-state index in [-0.39, 0.29) is 17.1 Å². The van der Waals surface area contributed by atoms with Crippen molar-refractivity contribution in [3.05, 3.63) is 11.3 Å². The number of rotatable bonds is 3. The van der Waals surface area contributed by atoms with Gasteiger partial charge in [-0.25, -0.2) is 13.5 Å². The van der Waals surface area contributed by atoms with Crippen LogP contribution in [0.5, 0.6) is 5.88 Å². The molecule has 0 aliphatic carbocycles. The highest BCUT2D eigenvalue weighted by atomic mass is 19.3. The van der Waals surface area contributed by atoms with Crippen LogP contribution in [0.3, 0.4) is 0 Å². The zero-order valence-corrected chi connectivity index (χ0v) is 8.04. The maximum atomic E-state index is 12.2. The second-order valence-electron chi connectivity index (χ2n) is 2.76. The van der Waals surface area contributed by atoms with Crippen LogP contribution in [0.25, 0.3) is 0 Å². The normalized spacial score (nSPS) is 10.7. The molecule has 0 spiro atoms. The number of Topliss-reactive ketones (excluding diaryl/α,β-unsaturated/α-hetero) is 1. The van der Waals surface area contributed by atoms with Crippen molar-refractivity contribution in [1.82, 2.24) is 9.78 Å². The molecule has 0 amide bonds. The van der Waals surface area contributed by atoms with Crippen molar-refractivity contribution in [2.75, 3.05) is 7.11 Å². The predicted molar refractivity (Wildman–Crippen MR) is 44.8 cm³/mol. The zero-order chi connectivity index (χ0) is 10.9. The number of aromatic nitrogens is 2. The Hall–Kier alpha value is -1.46. The van der Waals surface area contributed by atoms with E-state index in [4.69, 9.17) is 4.74 Å². The maximum Gasteiger partial charge on any atom is 0.300 e. The van der Waals surface area contributed by atoms with E-state index in [1.807, 2.05) is 0 Å². The molecule has 0 aromatic carbocycles. The van der Waals surface area contributed by atoms with Crippen LogP contribution in [-0.4, -0.2) is 29.1 Å². The summed E-state index contributed by atoms with van der Waals surface area (Å²) in [5.41, 5.74) is 0.0969. The minimum atomic E-state index is -3.04. The molecular formula is C8H10F2N2O2. The third-order valence-electron chi connectivity index (χ3n) is 1.81. The van der Waals surface area contributed by atoms with Crippen LogP contribution in [0, 0.1) is 6.92 Å². The fourth-order valence-corrected chi connectivity index (χ4v) is 1.26. The second kappa shape index (κ2) is 3.73. The van der Waals surface area contributed by atoms with Crippen molar-refractivity contribution in [2.45, 2.75) is 13.3 Å². The first-order valence-corrected chi connectivity index (χ1v) is 3.89. The summed E-state index contributed by atoms with van der Waals surface area (Å²) >= 11 is 0. The summed E-state index contributed by atoms with van der Waals surface area (Å²) in [5, 5.41) is 3.82. The molecule has 0 saturated carbocycles. The molecule has 0 unspecified atom stereocenters. The number of carbonyl (C=O) groups excluding carboxylic acids is 1. The zero-order valence-electron chi connectivity index (χ0n) is 8.04. The average molecular weight is 204 g/mol. The Morgan fingerprint density at radius 1 is 1.57 bits per heavy atom. The first-order chi connectivity index (χ1) is 6.49. The van der Waals surface area contributed by atoms with Gasteiger partial charge >= 0.3 is 6.43 Å². The topological polar surface area (TPSA) is 44.1 Å². The van der Waals surface area contributed by atoms with E-state index in [9.17, 15) is 13.6 Å². The molecule has 0 N–H and O–H groups in total. The number of nitrogens with zero attached hydrogens (tertiary/aromatic N) is 2. The molecule has 78 valence electrons. The average Bonchev–Trinajstić information content (AvgIpc) is 2.38. The highest BCUT2D eigenvalue weighted by Gasteiger charge is 2.27. The fourth-order valence-electron chi connectivity index (χ4n) is 1.26. The van der Waals surface area contributed by atoms with Crippen LogP contribution in [0.1, 0.15) is 16.1 Å². The smallest absolute Gasteiger partial charge is 0.300 e. The van der Waals surface area contributed by atoms with Crippen molar-refractivity contribution in [1.29, 1.82) is 0 Å². The lowest BCUT2D eigenvalue weighted by molar-refractivity contribution is 0.0674. The molecule has 1 rings (SSSR count). The van der Waals surface area contributed by atoms with E-state index in [0.717, 1.165) is 0 Å². The SMILES string of the molecule is COc1c(C(=O)C(F)F)c(C)nn1C. The minimum Gasteiger partial charge on any atom is -0.481 e. The van der Waals surface area contributed by atoms with Gasteiger partial charge in [0.05, 0.1) is 12.8 Å². The van der Waals surface area contributed by atoms with Gasteiger partial charge in [0.1, 0.15) is 5.56 Å². The summed E-state index contributed by atoms with van der Waals surface area (Å²) < 4.78 is 30.4. The summed E-state index contributed by atoms with van der Waals surface area (Å²) in [4.78, 5) is 11.1. The van der Waals surface area contributed by atoms with Gasteiger partial charge in [-0.2, -0.15) is 5.10 Å². The number of hydrogen-bond acceptors (Lipinski definition) is 3. The third kappa shape index (κ3) is 1.59. The number of halogens is 2. The van der Waals surface area contributed by atoms with Gasteiger partial charge in [-0.1, -0.05) is 0 Å². The first kappa shape index (κ1) is 10.6. The number of ether oxygens (including phenoxy) is 1. The highest BCUT2D eigenvalue weighted by molar-refractivity contribution is 6.01. The third-order valence-corrected chi connectivity index (χ3v) is 1.81. The Balaban J connectivity index is 3.25. The fraction of sp³-hybridized carbons (Fsp3) is 0.500. The highest BCUT2D eigenvalue weighted by Crippen LogP contribution is 2.23.